The largest absolute Gasteiger partial charge is 0.338 e. The fraction of sp³-hybridized carbons (Fsp3) is 0.0476. The van der Waals surface area contributed by atoms with Gasteiger partial charge in [-0.2, -0.15) is 0 Å². The zero-order valence-corrected chi connectivity index (χ0v) is 14.3. The predicted molar refractivity (Wildman–Crippen MR) is 103 cm³/mol. The molecule has 23 heavy (non-hydrogen) atoms. The van der Waals surface area contributed by atoms with E-state index in [1.165, 1.54) is 43.2 Å². The summed E-state index contributed by atoms with van der Waals surface area (Å²) in [6.07, 6.45) is 0. The summed E-state index contributed by atoms with van der Waals surface area (Å²) in [5.74, 6) is 0. The summed E-state index contributed by atoms with van der Waals surface area (Å²) in [6, 6.07) is 24.3. The van der Waals surface area contributed by atoms with E-state index in [2.05, 4.69) is 94.3 Å². The smallest absolute Gasteiger partial charge is 0.0854 e. The summed E-state index contributed by atoms with van der Waals surface area (Å²) in [5, 5.41) is 9.09. The third-order valence-electron chi connectivity index (χ3n) is 4.82. The number of rotatable bonds is 0. The molecule has 0 radical (unpaired) electrons. The Kier molecular flexibility index (Phi) is 2.62. The molecule has 0 aliphatic heterocycles. The second-order valence-corrected chi connectivity index (χ2v) is 6.92. The van der Waals surface area contributed by atoms with Gasteiger partial charge >= 0.3 is 0 Å². The molecule has 2 heteroatoms. The molecular weight excluding hydrogens is 346 g/mol. The van der Waals surface area contributed by atoms with Crippen LogP contribution in [0.1, 0.15) is 0 Å². The first-order valence-electron chi connectivity index (χ1n) is 7.71. The number of aromatic nitrogens is 1. The lowest BCUT2D eigenvalue weighted by Crippen LogP contribution is -1.88. The summed E-state index contributed by atoms with van der Waals surface area (Å²) in [7, 11) is 2.11. The lowest BCUT2D eigenvalue weighted by Gasteiger charge is -2.09. The Bertz CT molecular complexity index is 1230. The Morgan fingerprint density at radius 3 is 2.17 bits per heavy atom. The van der Waals surface area contributed by atoms with Crippen molar-refractivity contribution in [3.63, 3.8) is 0 Å². The van der Waals surface area contributed by atoms with E-state index in [4.69, 9.17) is 0 Å². The second-order valence-electron chi connectivity index (χ2n) is 6.11. The van der Waals surface area contributed by atoms with Crippen LogP contribution in [0, 0.1) is 0 Å². The minimum Gasteiger partial charge on any atom is -0.338 e. The molecule has 0 bridgehead atoms. The molecule has 1 heterocycles. The van der Waals surface area contributed by atoms with Crippen molar-refractivity contribution >= 4 is 59.2 Å². The van der Waals surface area contributed by atoms with Gasteiger partial charge in [-0.1, -0.05) is 48.5 Å². The number of hydrogen-bond acceptors (Lipinski definition) is 0. The van der Waals surface area contributed by atoms with Gasteiger partial charge in [0.1, 0.15) is 0 Å². The van der Waals surface area contributed by atoms with E-state index in [-0.39, 0.29) is 0 Å². The van der Waals surface area contributed by atoms with Crippen molar-refractivity contribution in [1.29, 1.82) is 0 Å². The van der Waals surface area contributed by atoms with E-state index >= 15 is 0 Å². The molecule has 1 aromatic heterocycles. The number of aryl methyl sites for hydroxylation is 1. The van der Waals surface area contributed by atoms with Gasteiger partial charge in [-0.15, -0.1) is 0 Å². The van der Waals surface area contributed by atoms with Gasteiger partial charge in [0.15, 0.2) is 0 Å². The summed E-state index contributed by atoms with van der Waals surface area (Å²) >= 11 is 3.64. The lowest BCUT2D eigenvalue weighted by molar-refractivity contribution is 0.945. The molecule has 0 saturated carbocycles. The Hall–Kier alpha value is -2.32. The first kappa shape index (κ1) is 13.1. The first-order chi connectivity index (χ1) is 11.2. The maximum atomic E-state index is 3.64. The van der Waals surface area contributed by atoms with Gasteiger partial charge in [-0.3, -0.25) is 0 Å². The van der Waals surface area contributed by atoms with Crippen LogP contribution in [-0.2, 0) is 7.05 Å². The molecule has 5 rings (SSSR count). The first-order valence-corrected chi connectivity index (χ1v) is 8.51. The maximum absolute atomic E-state index is 3.64. The average Bonchev–Trinajstić information content (AvgIpc) is 2.87. The highest BCUT2D eigenvalue weighted by Crippen LogP contribution is 2.35. The number of hydrogen-bond donors (Lipinski definition) is 0. The normalized spacial score (nSPS) is 11.9. The molecule has 0 atom stereocenters. The summed E-state index contributed by atoms with van der Waals surface area (Å²) in [4.78, 5) is 0. The number of nitrogens with zero attached hydrogens (tertiary/aromatic N) is 1. The molecule has 0 aliphatic carbocycles. The second kappa shape index (κ2) is 4.59. The molecule has 0 spiro atoms. The van der Waals surface area contributed by atoms with Crippen molar-refractivity contribution in [1.82, 2.24) is 4.57 Å². The van der Waals surface area contributed by atoms with Gasteiger partial charge in [-0.05, 0) is 61.1 Å². The van der Waals surface area contributed by atoms with E-state index in [1.807, 2.05) is 0 Å². The van der Waals surface area contributed by atoms with Crippen LogP contribution >= 0.6 is 15.9 Å². The fourth-order valence-corrected chi connectivity index (χ4v) is 4.08. The standard InChI is InChI=1S/C21H14BrN/c1-23-20(22)12-16-7-8-17-18(21(16)23)9-6-15-10-13-4-2-3-5-14(13)11-19(15)17/h2-12H,1H3. The SMILES string of the molecule is Cn1c(Br)cc2ccc3c4cc5ccccc5cc4ccc3c21. The number of benzene rings is 4. The van der Waals surface area contributed by atoms with Crippen LogP contribution in [0.5, 0.6) is 0 Å². The Morgan fingerprint density at radius 1 is 0.652 bits per heavy atom. The topological polar surface area (TPSA) is 4.93 Å². The van der Waals surface area contributed by atoms with Crippen molar-refractivity contribution in [2.24, 2.45) is 7.05 Å². The third-order valence-corrected chi connectivity index (χ3v) is 5.58. The van der Waals surface area contributed by atoms with Crippen molar-refractivity contribution in [3.8, 4) is 0 Å². The van der Waals surface area contributed by atoms with Gasteiger partial charge in [0, 0.05) is 17.8 Å². The van der Waals surface area contributed by atoms with Crippen LogP contribution in [0.25, 0.3) is 43.2 Å². The van der Waals surface area contributed by atoms with Crippen LogP contribution in [-0.4, -0.2) is 4.57 Å². The highest BCUT2D eigenvalue weighted by Gasteiger charge is 2.10. The highest BCUT2D eigenvalue weighted by molar-refractivity contribution is 9.10. The summed E-state index contributed by atoms with van der Waals surface area (Å²) in [6.45, 7) is 0. The van der Waals surface area contributed by atoms with E-state index in [1.54, 1.807) is 0 Å². The number of fused-ring (bicyclic) bond motifs is 6. The minimum atomic E-state index is 1.11. The summed E-state index contributed by atoms with van der Waals surface area (Å²) in [5.41, 5.74) is 1.28. The van der Waals surface area contributed by atoms with Crippen molar-refractivity contribution in [2.45, 2.75) is 0 Å². The van der Waals surface area contributed by atoms with E-state index in [0.29, 0.717) is 0 Å². The minimum absolute atomic E-state index is 1.11. The van der Waals surface area contributed by atoms with Gasteiger partial charge in [0.25, 0.3) is 0 Å². The Labute approximate surface area is 142 Å². The highest BCUT2D eigenvalue weighted by atomic mass is 79.9. The summed E-state index contributed by atoms with van der Waals surface area (Å²) < 4.78 is 3.32. The van der Waals surface area contributed by atoms with Crippen LogP contribution in [0.15, 0.2) is 71.3 Å². The molecule has 0 amide bonds. The van der Waals surface area contributed by atoms with Gasteiger partial charge in [0.05, 0.1) is 10.1 Å². The lowest BCUT2D eigenvalue weighted by atomic mass is 9.97. The quantitative estimate of drug-likeness (QED) is 0.222. The molecule has 0 fully saturated rings. The molecule has 4 aromatic carbocycles. The van der Waals surface area contributed by atoms with Crippen molar-refractivity contribution in [2.75, 3.05) is 0 Å². The monoisotopic (exact) mass is 359 g/mol. The predicted octanol–water partition coefficient (Wildman–Crippen LogP) is 6.40. The average molecular weight is 360 g/mol. The zero-order chi connectivity index (χ0) is 15.6. The maximum Gasteiger partial charge on any atom is 0.0854 e. The Morgan fingerprint density at radius 2 is 1.35 bits per heavy atom. The zero-order valence-electron chi connectivity index (χ0n) is 12.7. The number of halogens is 1. The van der Waals surface area contributed by atoms with E-state index < -0.39 is 0 Å². The molecule has 5 aromatic rings. The van der Waals surface area contributed by atoms with Crippen LogP contribution < -0.4 is 0 Å². The molecule has 0 aliphatic rings. The molecule has 0 N–H and O–H groups in total. The van der Waals surface area contributed by atoms with Crippen LogP contribution in [0.4, 0.5) is 0 Å². The van der Waals surface area contributed by atoms with E-state index in [0.717, 1.165) is 4.60 Å². The Balaban J connectivity index is 2.02. The molecule has 1 nitrogen and oxygen atoms in total. The van der Waals surface area contributed by atoms with Crippen molar-refractivity contribution < 1.29 is 0 Å². The van der Waals surface area contributed by atoms with Crippen molar-refractivity contribution in [3.05, 3.63) is 71.3 Å². The molecule has 0 unspecified atom stereocenters. The van der Waals surface area contributed by atoms with E-state index in [9.17, 15) is 0 Å². The van der Waals surface area contributed by atoms with Gasteiger partial charge < -0.3 is 4.57 Å². The molecule has 110 valence electrons. The molecule has 0 saturated heterocycles. The van der Waals surface area contributed by atoms with Crippen LogP contribution in [0.2, 0.25) is 0 Å². The van der Waals surface area contributed by atoms with Gasteiger partial charge in [-0.25, -0.2) is 0 Å². The fourth-order valence-electron chi connectivity index (χ4n) is 3.65. The van der Waals surface area contributed by atoms with Gasteiger partial charge in [0.2, 0.25) is 0 Å². The van der Waals surface area contributed by atoms with Crippen LogP contribution in [0.3, 0.4) is 0 Å². The molecular formula is C21H14BrN. The third kappa shape index (κ3) is 1.79.